The number of nitrogens with one attached hydrogen (secondary N) is 1. The number of nitrogens with zero attached hydrogens (tertiary/aromatic N) is 2. The van der Waals surface area contributed by atoms with Crippen molar-refractivity contribution >= 4 is 27.5 Å². The smallest absolute Gasteiger partial charge is 0.264 e. The lowest BCUT2D eigenvalue weighted by Crippen LogP contribution is -2.52. The number of methoxy groups -OCH3 is 1. The van der Waals surface area contributed by atoms with Crippen LogP contribution in [0.3, 0.4) is 0 Å². The van der Waals surface area contributed by atoms with Crippen molar-refractivity contribution in [1.82, 2.24) is 10.2 Å². The molecule has 2 amide bonds. The fourth-order valence-electron chi connectivity index (χ4n) is 4.80. The lowest BCUT2D eigenvalue weighted by atomic mass is 10.1. The van der Waals surface area contributed by atoms with Crippen molar-refractivity contribution in [1.29, 1.82) is 0 Å². The van der Waals surface area contributed by atoms with E-state index in [0.29, 0.717) is 11.3 Å². The van der Waals surface area contributed by atoms with E-state index in [0.717, 1.165) is 42.1 Å². The second kappa shape index (κ2) is 13.0. The van der Waals surface area contributed by atoms with Gasteiger partial charge in [-0.1, -0.05) is 43.2 Å². The quantitative estimate of drug-likeness (QED) is 0.368. The number of amides is 2. The first-order valence-corrected chi connectivity index (χ1v) is 14.7. The molecule has 40 heavy (non-hydrogen) atoms. The van der Waals surface area contributed by atoms with Gasteiger partial charge in [-0.05, 0) is 73.9 Å². The van der Waals surface area contributed by atoms with E-state index in [-0.39, 0.29) is 29.1 Å². The molecule has 0 bridgehead atoms. The van der Waals surface area contributed by atoms with Gasteiger partial charge in [0.25, 0.3) is 10.0 Å². The predicted octanol–water partition coefficient (Wildman–Crippen LogP) is 4.51. The van der Waals surface area contributed by atoms with E-state index in [9.17, 15) is 22.4 Å². The Morgan fingerprint density at radius 2 is 1.68 bits per heavy atom. The highest BCUT2D eigenvalue weighted by Crippen LogP contribution is 2.25. The normalized spacial score (nSPS) is 14.4. The van der Waals surface area contributed by atoms with Gasteiger partial charge < -0.3 is 15.0 Å². The summed E-state index contributed by atoms with van der Waals surface area (Å²) in [6.07, 6.45) is 3.84. The molecular weight excluding hydrogens is 533 g/mol. The molecule has 1 aliphatic carbocycles. The van der Waals surface area contributed by atoms with Crippen molar-refractivity contribution in [3.8, 4) is 5.75 Å². The van der Waals surface area contributed by atoms with Crippen LogP contribution in [0.1, 0.15) is 38.2 Å². The van der Waals surface area contributed by atoms with E-state index in [2.05, 4.69) is 5.32 Å². The van der Waals surface area contributed by atoms with Crippen LogP contribution in [0.25, 0.3) is 0 Å². The first-order chi connectivity index (χ1) is 19.2. The molecule has 1 fully saturated rings. The molecule has 212 valence electrons. The van der Waals surface area contributed by atoms with Crippen LogP contribution < -0.4 is 14.4 Å². The standard InChI is InChI=1S/C30H34FN3O5S/c1-22(30(36)32-25-10-6-7-11-25)33(20-23-9-8-12-27(19-23)39-2)29(35)21-34(26-17-15-24(31)16-18-26)40(37,38)28-13-4-3-5-14-28/h3-5,8-9,12-19,22,25H,6-7,10-11,20-21H2,1-2H3,(H,32,36). The Hall–Kier alpha value is -3.92. The first kappa shape index (κ1) is 29.1. The molecule has 1 aliphatic rings. The second-order valence-electron chi connectivity index (χ2n) is 9.84. The maximum absolute atomic E-state index is 13.9. The van der Waals surface area contributed by atoms with Gasteiger partial charge in [0.2, 0.25) is 11.8 Å². The Morgan fingerprint density at radius 3 is 2.33 bits per heavy atom. The van der Waals surface area contributed by atoms with Crippen molar-refractivity contribution in [2.75, 3.05) is 18.0 Å². The number of ether oxygens (including phenoxy) is 1. The van der Waals surface area contributed by atoms with Gasteiger partial charge in [-0.2, -0.15) is 0 Å². The Balaban J connectivity index is 1.68. The minimum Gasteiger partial charge on any atom is -0.497 e. The molecule has 0 aliphatic heterocycles. The maximum Gasteiger partial charge on any atom is 0.264 e. The molecule has 0 heterocycles. The van der Waals surface area contributed by atoms with Gasteiger partial charge in [-0.25, -0.2) is 12.8 Å². The van der Waals surface area contributed by atoms with Crippen LogP contribution in [0, 0.1) is 5.82 Å². The molecule has 0 aromatic heterocycles. The lowest BCUT2D eigenvalue weighted by molar-refractivity contribution is -0.139. The highest BCUT2D eigenvalue weighted by molar-refractivity contribution is 7.92. The third-order valence-corrected chi connectivity index (χ3v) is 8.87. The zero-order chi connectivity index (χ0) is 28.7. The first-order valence-electron chi connectivity index (χ1n) is 13.2. The third kappa shape index (κ3) is 6.98. The van der Waals surface area contributed by atoms with Gasteiger partial charge in [-0.15, -0.1) is 0 Å². The summed E-state index contributed by atoms with van der Waals surface area (Å²) in [7, 11) is -2.66. The van der Waals surface area contributed by atoms with Crippen molar-refractivity contribution in [2.24, 2.45) is 0 Å². The van der Waals surface area contributed by atoms with E-state index in [1.54, 1.807) is 43.3 Å². The number of anilines is 1. The van der Waals surface area contributed by atoms with Gasteiger partial charge in [0.1, 0.15) is 24.2 Å². The molecule has 1 saturated carbocycles. The molecule has 0 saturated heterocycles. The Kier molecular flexibility index (Phi) is 9.42. The summed E-state index contributed by atoms with van der Waals surface area (Å²) in [6, 6.07) is 18.9. The van der Waals surface area contributed by atoms with Crippen molar-refractivity contribution in [3.05, 3.63) is 90.2 Å². The minimum atomic E-state index is -4.20. The van der Waals surface area contributed by atoms with E-state index < -0.39 is 34.3 Å². The highest BCUT2D eigenvalue weighted by atomic mass is 32.2. The molecule has 10 heteroatoms. The second-order valence-corrected chi connectivity index (χ2v) is 11.7. The van der Waals surface area contributed by atoms with Gasteiger partial charge in [0.05, 0.1) is 17.7 Å². The Labute approximate surface area is 234 Å². The monoisotopic (exact) mass is 567 g/mol. The summed E-state index contributed by atoms with van der Waals surface area (Å²) in [5, 5.41) is 3.04. The summed E-state index contributed by atoms with van der Waals surface area (Å²) in [6.45, 7) is 1.10. The number of halogens is 1. The van der Waals surface area contributed by atoms with Crippen LogP contribution in [0.4, 0.5) is 10.1 Å². The predicted molar refractivity (Wildman–Crippen MR) is 151 cm³/mol. The highest BCUT2D eigenvalue weighted by Gasteiger charge is 2.33. The zero-order valence-electron chi connectivity index (χ0n) is 22.6. The number of carbonyl (C=O) groups excluding carboxylic acids is 2. The largest absolute Gasteiger partial charge is 0.497 e. The minimum absolute atomic E-state index is 0.0153. The number of sulfonamides is 1. The lowest BCUT2D eigenvalue weighted by Gasteiger charge is -2.32. The maximum atomic E-state index is 13.9. The number of rotatable bonds is 11. The molecule has 0 spiro atoms. The van der Waals surface area contributed by atoms with Gasteiger partial charge in [-0.3, -0.25) is 13.9 Å². The van der Waals surface area contributed by atoms with Crippen LogP contribution in [0.2, 0.25) is 0 Å². The molecule has 1 unspecified atom stereocenters. The van der Waals surface area contributed by atoms with E-state index in [1.165, 1.54) is 36.3 Å². The molecule has 4 rings (SSSR count). The van der Waals surface area contributed by atoms with Gasteiger partial charge in [0, 0.05) is 12.6 Å². The van der Waals surface area contributed by atoms with Crippen LogP contribution in [0.15, 0.2) is 83.8 Å². The van der Waals surface area contributed by atoms with Crippen LogP contribution in [-0.4, -0.2) is 50.9 Å². The summed E-state index contributed by atoms with van der Waals surface area (Å²) >= 11 is 0. The van der Waals surface area contributed by atoms with Crippen molar-refractivity contribution < 1.29 is 27.1 Å². The number of hydrogen-bond donors (Lipinski definition) is 1. The van der Waals surface area contributed by atoms with Crippen molar-refractivity contribution in [3.63, 3.8) is 0 Å². The van der Waals surface area contributed by atoms with Crippen LogP contribution in [-0.2, 0) is 26.2 Å². The number of benzene rings is 3. The summed E-state index contributed by atoms with van der Waals surface area (Å²) in [5.41, 5.74) is 0.843. The third-order valence-electron chi connectivity index (χ3n) is 7.08. The SMILES string of the molecule is COc1cccc(CN(C(=O)CN(c2ccc(F)cc2)S(=O)(=O)c2ccccc2)C(C)C(=O)NC2CCCC2)c1. The fourth-order valence-corrected chi connectivity index (χ4v) is 6.23. The number of hydrogen-bond acceptors (Lipinski definition) is 5. The molecule has 1 atom stereocenters. The molecule has 3 aromatic rings. The van der Waals surface area contributed by atoms with E-state index in [4.69, 9.17) is 4.74 Å². The van der Waals surface area contributed by atoms with E-state index >= 15 is 0 Å². The average Bonchev–Trinajstić information content (AvgIpc) is 3.48. The molecular formula is C30H34FN3O5S. The zero-order valence-corrected chi connectivity index (χ0v) is 23.4. The Bertz CT molecular complexity index is 1410. The molecule has 0 radical (unpaired) electrons. The average molecular weight is 568 g/mol. The topological polar surface area (TPSA) is 96.0 Å². The van der Waals surface area contributed by atoms with Gasteiger partial charge >= 0.3 is 0 Å². The van der Waals surface area contributed by atoms with Crippen LogP contribution in [0.5, 0.6) is 5.75 Å². The van der Waals surface area contributed by atoms with Crippen LogP contribution >= 0.6 is 0 Å². The van der Waals surface area contributed by atoms with Crippen molar-refractivity contribution in [2.45, 2.75) is 56.1 Å². The molecule has 8 nitrogen and oxygen atoms in total. The summed E-state index contributed by atoms with van der Waals surface area (Å²) in [5.74, 6) is -0.834. The molecule has 1 N–H and O–H groups in total. The van der Waals surface area contributed by atoms with Gasteiger partial charge in [0.15, 0.2) is 0 Å². The summed E-state index contributed by atoms with van der Waals surface area (Å²) in [4.78, 5) is 28.6. The van der Waals surface area contributed by atoms with E-state index in [1.807, 2.05) is 6.07 Å². The summed E-state index contributed by atoms with van der Waals surface area (Å²) < 4.78 is 47.4. The Morgan fingerprint density at radius 1 is 1.00 bits per heavy atom. The molecule has 3 aromatic carbocycles. The number of carbonyl (C=O) groups is 2. The fraction of sp³-hybridized carbons (Fsp3) is 0.333.